The van der Waals surface area contributed by atoms with E-state index in [4.69, 9.17) is 0 Å². The second-order valence-corrected chi connectivity index (χ2v) is 1.29. The lowest BCUT2D eigenvalue weighted by Crippen LogP contribution is -2.28. The molecule has 0 aromatic rings. The van der Waals surface area contributed by atoms with Gasteiger partial charge in [-0.05, 0) is 0 Å². The van der Waals surface area contributed by atoms with Crippen molar-refractivity contribution < 1.29 is 23.0 Å². The lowest BCUT2D eigenvalue weighted by molar-refractivity contribution is -0.723. The lowest BCUT2D eigenvalue weighted by atomic mass is 11.4. The summed E-state index contributed by atoms with van der Waals surface area (Å²) in [4.78, 5) is 12.0. The van der Waals surface area contributed by atoms with Crippen LogP contribution in [0.25, 0.3) is 0 Å². The number of hydrogen-bond donors (Lipinski definition) is 0. The third-order valence-corrected chi connectivity index (χ3v) is 0.500. The van der Waals surface area contributed by atoms with E-state index in [0.29, 0.717) is 0 Å². The van der Waals surface area contributed by atoms with Gasteiger partial charge in [0.15, 0.2) is 0 Å². The Balaban J connectivity index is 3.80. The molecule has 0 spiro atoms. The average molecular weight is 180 g/mol. The van der Waals surface area contributed by atoms with E-state index in [9.17, 15) is 23.3 Å². The molecule has 0 saturated heterocycles. The molecule has 60 valence electrons. The van der Waals surface area contributed by atoms with Gasteiger partial charge in [0.1, 0.15) is 16.5 Å². The van der Waals surface area contributed by atoms with Gasteiger partial charge in [-0.3, -0.25) is 0 Å². The van der Waals surface area contributed by atoms with Crippen LogP contribution in [0.2, 0.25) is 0 Å². The molecule has 0 amide bonds. The minimum atomic E-state index is -5.14. The van der Waals surface area contributed by atoms with Crippen molar-refractivity contribution >= 4 is 11.8 Å². The van der Waals surface area contributed by atoms with Crippen LogP contribution in [-0.2, 0) is 4.84 Å². The Hall–Kier alpha value is -0.760. The smallest absolute Gasteiger partial charge is 0.232 e. The van der Waals surface area contributed by atoms with Crippen LogP contribution < -0.4 is 0 Å². The molecule has 5 nitrogen and oxygen atoms in total. The van der Waals surface area contributed by atoms with Gasteiger partial charge in [-0.25, -0.2) is 10.1 Å². The van der Waals surface area contributed by atoms with Gasteiger partial charge in [-0.2, -0.15) is 0 Å². The zero-order chi connectivity index (χ0) is 8.36. The molecule has 0 unspecified atom stereocenters. The van der Waals surface area contributed by atoms with Crippen LogP contribution in [0.1, 0.15) is 0 Å². The predicted octanol–water partition coefficient (Wildman–Crippen LogP) is 1.09. The predicted molar refractivity (Wildman–Crippen MR) is 21.8 cm³/mol. The van der Waals surface area contributed by atoms with Crippen molar-refractivity contribution in [3.05, 3.63) is 10.1 Å². The monoisotopic (exact) mass is 180 g/mol. The quantitative estimate of drug-likeness (QED) is 0.363. The Morgan fingerprint density at radius 1 is 1.60 bits per heavy atom. The van der Waals surface area contributed by atoms with Gasteiger partial charge in [0.2, 0.25) is 5.03 Å². The summed E-state index contributed by atoms with van der Waals surface area (Å²) < 4.78 is 32.0. The molecule has 0 aromatic heterocycles. The second-order valence-electron chi connectivity index (χ2n) is 1.00. The fourth-order valence-electron chi connectivity index (χ4n) is 0.119. The summed E-state index contributed by atoms with van der Waals surface area (Å²) in [5.74, 6) is 0. The Labute approximate surface area is 57.1 Å². The van der Waals surface area contributed by atoms with Crippen molar-refractivity contribution in [3.8, 4) is 0 Å². The van der Waals surface area contributed by atoms with Crippen molar-refractivity contribution in [3.63, 3.8) is 0 Å². The summed E-state index contributed by atoms with van der Waals surface area (Å²) in [6, 6.07) is 0. The molecule has 9 heteroatoms. The highest BCUT2D eigenvalue weighted by Gasteiger charge is 2.37. The number of alkyl halides is 3. The Morgan fingerprint density at radius 2 is 2.00 bits per heavy atom. The molecule has 0 aliphatic carbocycles. The van der Waals surface area contributed by atoms with Crippen molar-refractivity contribution in [1.29, 1.82) is 0 Å². The first-order valence-electron chi connectivity index (χ1n) is 1.69. The van der Waals surface area contributed by atoms with Crippen LogP contribution >= 0.6 is 11.8 Å². The van der Waals surface area contributed by atoms with Crippen LogP contribution in [-0.4, -0.2) is 16.1 Å². The molecule has 0 aliphatic heterocycles. The van der Waals surface area contributed by atoms with Crippen molar-refractivity contribution in [2.45, 2.75) is 6.36 Å². The maximum absolute atomic E-state index is 11.0. The molecule has 0 saturated carbocycles. The molecule has 10 heavy (non-hydrogen) atoms. The highest BCUT2D eigenvalue weighted by atomic mass is 35.5. The minimum absolute atomic E-state index is 1.06. The Bertz CT molecular complexity index is 136. The van der Waals surface area contributed by atoms with Crippen molar-refractivity contribution in [2.75, 3.05) is 0 Å². The average Bonchev–Trinajstić information content (AvgIpc) is 1.60. The molecule has 0 heterocycles. The zero-order valence-corrected chi connectivity index (χ0v) is 4.89. The summed E-state index contributed by atoms with van der Waals surface area (Å²) in [5.41, 5.74) is 0. The van der Waals surface area contributed by atoms with Crippen molar-refractivity contribution in [1.82, 2.24) is 4.69 Å². The van der Waals surface area contributed by atoms with Gasteiger partial charge in [0.25, 0.3) is 0 Å². The van der Waals surface area contributed by atoms with Gasteiger partial charge in [0, 0.05) is 0 Å². The van der Waals surface area contributed by atoms with Crippen LogP contribution in [0.5, 0.6) is 0 Å². The van der Waals surface area contributed by atoms with Gasteiger partial charge in [-0.15, -0.1) is 18.0 Å². The molecule has 0 rings (SSSR count). The summed E-state index contributed by atoms with van der Waals surface area (Å²) >= 11 is 4.29. The first kappa shape index (κ1) is 9.24. The lowest BCUT2D eigenvalue weighted by Gasteiger charge is -2.05. The first-order chi connectivity index (χ1) is 4.33. The molecular weight excluding hydrogens is 180 g/mol. The molecule has 0 radical (unpaired) electrons. The molecule has 0 fully saturated rings. The van der Waals surface area contributed by atoms with E-state index in [2.05, 4.69) is 16.6 Å². The number of hydrogen-bond acceptors (Lipinski definition) is 3. The van der Waals surface area contributed by atoms with Crippen LogP contribution in [0.3, 0.4) is 0 Å². The Kier molecular flexibility index (Phi) is 2.66. The molecule has 0 N–H and O–H groups in total. The standard InChI is InChI=1S/CClF3N2O3/c2-6(7(8)9)10-1(3,4)5. The van der Waals surface area contributed by atoms with Gasteiger partial charge >= 0.3 is 6.36 Å². The van der Waals surface area contributed by atoms with E-state index in [1.807, 2.05) is 0 Å². The third-order valence-electron chi connectivity index (χ3n) is 0.307. The third kappa shape index (κ3) is 4.15. The van der Waals surface area contributed by atoms with Gasteiger partial charge in [-0.1, -0.05) is 0 Å². The highest BCUT2D eigenvalue weighted by molar-refractivity contribution is 6.11. The van der Waals surface area contributed by atoms with E-state index < -0.39 is 16.1 Å². The van der Waals surface area contributed by atoms with Crippen LogP contribution in [0, 0.1) is 10.1 Å². The normalized spacial score (nSPS) is 11.2. The zero-order valence-electron chi connectivity index (χ0n) is 4.13. The molecule has 0 aromatic carbocycles. The number of rotatable bonds is 2. The topological polar surface area (TPSA) is 55.6 Å². The van der Waals surface area contributed by atoms with Crippen molar-refractivity contribution in [2.24, 2.45) is 0 Å². The van der Waals surface area contributed by atoms with E-state index in [-0.39, 0.29) is 0 Å². The molecule has 0 aliphatic rings. The molecule has 0 atom stereocenters. The number of nitro groups is 1. The fourth-order valence-corrected chi connectivity index (χ4v) is 0.197. The SMILES string of the molecule is O=[N+]([O-])N(Cl)OC(F)(F)F. The maximum atomic E-state index is 11.0. The first-order valence-corrected chi connectivity index (χ1v) is 2.03. The molecule has 0 bridgehead atoms. The van der Waals surface area contributed by atoms with E-state index in [0.717, 1.165) is 0 Å². The number of hydrazine groups is 1. The highest BCUT2D eigenvalue weighted by Crippen LogP contribution is 2.19. The summed E-state index contributed by atoms with van der Waals surface area (Å²) in [7, 11) is 0. The summed E-state index contributed by atoms with van der Waals surface area (Å²) in [6.45, 7) is 0. The fraction of sp³-hybridized carbons (Fsp3) is 1.00. The van der Waals surface area contributed by atoms with E-state index in [1.165, 1.54) is 0 Å². The van der Waals surface area contributed by atoms with Gasteiger partial charge < -0.3 is 0 Å². The second kappa shape index (κ2) is 2.88. The minimum Gasteiger partial charge on any atom is -0.232 e. The van der Waals surface area contributed by atoms with Gasteiger partial charge in [0.05, 0.1) is 0 Å². The largest absolute Gasteiger partial charge is 0.549 e. The maximum Gasteiger partial charge on any atom is 0.549 e. The molecular formula is CClF3N2O3. The van der Waals surface area contributed by atoms with E-state index >= 15 is 0 Å². The van der Waals surface area contributed by atoms with Crippen LogP contribution in [0.15, 0.2) is 0 Å². The van der Waals surface area contributed by atoms with Crippen LogP contribution in [0.4, 0.5) is 13.2 Å². The summed E-state index contributed by atoms with van der Waals surface area (Å²) in [5, 5.41) is 7.78. The summed E-state index contributed by atoms with van der Waals surface area (Å²) in [6.07, 6.45) is -5.14. The number of nitrogens with zero attached hydrogens (tertiary/aromatic N) is 2. The van der Waals surface area contributed by atoms with E-state index in [1.54, 1.807) is 0 Å². The number of halogens is 4. The Morgan fingerprint density at radius 3 is 2.10 bits per heavy atom.